The second-order valence-electron chi connectivity index (χ2n) is 3.23. The van der Waals surface area contributed by atoms with E-state index in [1.54, 1.807) is 0 Å². The Bertz CT molecular complexity index is 267. The standard InChI is InChI=1S/C7H14BO7P/c1-12-16(11,13-2)14-3-4-5(9)6(10)7(8)15-4/h4-7,9-10H,3H2,1-2H3. The summed E-state index contributed by atoms with van der Waals surface area (Å²) < 4.78 is 30.3. The van der Waals surface area contributed by atoms with E-state index in [0.29, 0.717) is 0 Å². The Morgan fingerprint density at radius 3 is 2.25 bits per heavy atom. The predicted octanol–water partition coefficient (Wildman–Crippen LogP) is -0.981. The molecule has 0 aromatic carbocycles. The lowest BCUT2D eigenvalue weighted by atomic mass is 9.93. The molecule has 1 rings (SSSR count). The first kappa shape index (κ1) is 14.1. The van der Waals surface area contributed by atoms with Crippen LogP contribution in [-0.2, 0) is 22.9 Å². The van der Waals surface area contributed by atoms with Crippen LogP contribution in [0.15, 0.2) is 0 Å². The molecular formula is C7H14BO7P. The van der Waals surface area contributed by atoms with Gasteiger partial charge < -0.3 is 14.9 Å². The van der Waals surface area contributed by atoms with Crippen molar-refractivity contribution in [3.8, 4) is 0 Å². The zero-order valence-electron chi connectivity index (χ0n) is 8.98. The van der Waals surface area contributed by atoms with Crippen LogP contribution in [0.2, 0.25) is 0 Å². The maximum atomic E-state index is 11.5. The van der Waals surface area contributed by atoms with Gasteiger partial charge in [-0.2, -0.15) is 0 Å². The maximum Gasteiger partial charge on any atom is 0.474 e. The van der Waals surface area contributed by atoms with E-state index < -0.39 is 32.1 Å². The lowest BCUT2D eigenvalue weighted by Crippen LogP contribution is -2.34. The van der Waals surface area contributed by atoms with Crippen molar-refractivity contribution in [1.29, 1.82) is 0 Å². The molecule has 1 saturated heterocycles. The second-order valence-corrected chi connectivity index (χ2v) is 5.11. The summed E-state index contributed by atoms with van der Waals surface area (Å²) in [5.74, 6) is 0. The van der Waals surface area contributed by atoms with Crippen LogP contribution in [0.5, 0.6) is 0 Å². The van der Waals surface area contributed by atoms with Crippen LogP contribution >= 0.6 is 7.82 Å². The van der Waals surface area contributed by atoms with Crippen molar-refractivity contribution in [2.45, 2.75) is 24.3 Å². The summed E-state index contributed by atoms with van der Waals surface area (Å²) in [6.07, 6.45) is -3.26. The largest absolute Gasteiger partial charge is 0.474 e. The monoisotopic (exact) mass is 252 g/mol. The summed E-state index contributed by atoms with van der Waals surface area (Å²) in [5, 5.41) is 18.8. The molecule has 7 nitrogen and oxygen atoms in total. The molecule has 16 heavy (non-hydrogen) atoms. The van der Waals surface area contributed by atoms with E-state index in [2.05, 4.69) is 9.05 Å². The van der Waals surface area contributed by atoms with Crippen molar-refractivity contribution in [2.75, 3.05) is 20.8 Å². The lowest BCUT2D eigenvalue weighted by Gasteiger charge is -2.18. The minimum atomic E-state index is -3.61. The van der Waals surface area contributed by atoms with Gasteiger partial charge >= 0.3 is 7.82 Å². The molecule has 0 aromatic heterocycles. The number of ether oxygens (including phenoxy) is 1. The van der Waals surface area contributed by atoms with Crippen LogP contribution in [0.4, 0.5) is 0 Å². The van der Waals surface area contributed by atoms with Crippen LogP contribution in [0.3, 0.4) is 0 Å². The van der Waals surface area contributed by atoms with Gasteiger partial charge in [0.05, 0.1) is 12.7 Å². The normalized spacial score (nSPS) is 35.5. The number of hydrogen-bond acceptors (Lipinski definition) is 7. The molecule has 92 valence electrons. The number of rotatable bonds is 5. The molecule has 0 saturated carbocycles. The van der Waals surface area contributed by atoms with Crippen LogP contribution in [0.25, 0.3) is 0 Å². The number of phosphoric ester groups is 1. The van der Waals surface area contributed by atoms with Crippen molar-refractivity contribution >= 4 is 15.7 Å². The highest BCUT2D eigenvalue weighted by atomic mass is 31.2. The van der Waals surface area contributed by atoms with Crippen molar-refractivity contribution in [3.05, 3.63) is 0 Å². The highest BCUT2D eigenvalue weighted by Gasteiger charge is 2.41. The SMILES string of the molecule is [B]C1OC(COP(=O)(OC)OC)C(O)C1O. The molecule has 2 radical (unpaired) electrons. The molecular weight excluding hydrogens is 238 g/mol. The molecule has 1 fully saturated rings. The first-order chi connectivity index (χ1) is 7.43. The molecule has 0 aromatic rings. The first-order valence-electron chi connectivity index (χ1n) is 4.56. The number of hydrogen-bond donors (Lipinski definition) is 2. The molecule has 0 spiro atoms. The highest BCUT2D eigenvalue weighted by molar-refractivity contribution is 7.48. The van der Waals surface area contributed by atoms with Gasteiger partial charge in [-0.25, -0.2) is 4.57 Å². The van der Waals surface area contributed by atoms with Gasteiger partial charge in [-0.05, 0) is 0 Å². The van der Waals surface area contributed by atoms with Crippen molar-refractivity contribution < 1.29 is 33.1 Å². The van der Waals surface area contributed by atoms with Crippen LogP contribution in [0, 0.1) is 0 Å². The van der Waals surface area contributed by atoms with E-state index in [1.165, 1.54) is 0 Å². The molecule has 9 heteroatoms. The first-order valence-corrected chi connectivity index (χ1v) is 6.03. The topological polar surface area (TPSA) is 94.5 Å². The molecule has 4 unspecified atom stereocenters. The molecule has 1 aliphatic heterocycles. The quantitative estimate of drug-likeness (QED) is 0.479. The summed E-state index contributed by atoms with van der Waals surface area (Å²) in [5.41, 5.74) is 0. The van der Waals surface area contributed by atoms with Crippen molar-refractivity contribution in [1.82, 2.24) is 0 Å². The van der Waals surface area contributed by atoms with Crippen molar-refractivity contribution in [2.24, 2.45) is 0 Å². The van der Waals surface area contributed by atoms with Gasteiger partial charge in [0, 0.05) is 20.2 Å². The smallest absolute Gasteiger partial charge is 0.388 e. The Labute approximate surface area is 94.7 Å². The van der Waals surface area contributed by atoms with E-state index in [4.69, 9.17) is 17.1 Å². The molecule has 4 atom stereocenters. The van der Waals surface area contributed by atoms with Crippen LogP contribution in [0.1, 0.15) is 0 Å². The Morgan fingerprint density at radius 1 is 1.31 bits per heavy atom. The third kappa shape index (κ3) is 3.04. The van der Waals surface area contributed by atoms with E-state index in [1.807, 2.05) is 0 Å². The summed E-state index contributed by atoms with van der Waals surface area (Å²) in [6.45, 7) is -0.259. The minimum absolute atomic E-state index is 0.259. The zero-order chi connectivity index (χ0) is 12.3. The van der Waals surface area contributed by atoms with E-state index in [9.17, 15) is 14.8 Å². The molecule has 1 heterocycles. The summed E-state index contributed by atoms with van der Waals surface area (Å²) in [4.78, 5) is 0. The van der Waals surface area contributed by atoms with E-state index >= 15 is 0 Å². The second kappa shape index (κ2) is 5.60. The molecule has 2 N–H and O–H groups in total. The van der Waals surface area contributed by atoms with E-state index in [0.717, 1.165) is 14.2 Å². The Hall–Kier alpha value is 0.0549. The molecule has 1 aliphatic rings. The Balaban J connectivity index is 2.48. The van der Waals surface area contributed by atoms with Gasteiger partial charge in [0.15, 0.2) is 0 Å². The Morgan fingerprint density at radius 2 is 1.88 bits per heavy atom. The number of aliphatic hydroxyl groups is 2. The van der Waals surface area contributed by atoms with Crippen molar-refractivity contribution in [3.63, 3.8) is 0 Å². The minimum Gasteiger partial charge on any atom is -0.388 e. The van der Waals surface area contributed by atoms with Gasteiger partial charge in [-0.3, -0.25) is 13.6 Å². The zero-order valence-corrected chi connectivity index (χ0v) is 9.87. The fraction of sp³-hybridized carbons (Fsp3) is 1.00. The Kier molecular flexibility index (Phi) is 4.94. The fourth-order valence-corrected chi connectivity index (χ4v) is 1.95. The predicted molar refractivity (Wildman–Crippen MR) is 54.0 cm³/mol. The highest BCUT2D eigenvalue weighted by Crippen LogP contribution is 2.47. The van der Waals surface area contributed by atoms with Crippen LogP contribution in [-0.4, -0.2) is 63.2 Å². The molecule has 0 amide bonds. The third-order valence-electron chi connectivity index (χ3n) is 2.24. The van der Waals surface area contributed by atoms with Crippen LogP contribution < -0.4 is 0 Å². The summed E-state index contributed by atoms with van der Waals surface area (Å²) in [7, 11) is 4.06. The summed E-state index contributed by atoms with van der Waals surface area (Å²) >= 11 is 0. The molecule has 0 aliphatic carbocycles. The van der Waals surface area contributed by atoms with Gasteiger partial charge in [-0.15, -0.1) is 0 Å². The van der Waals surface area contributed by atoms with Gasteiger partial charge in [-0.1, -0.05) is 0 Å². The fourth-order valence-electron chi connectivity index (χ4n) is 1.26. The lowest BCUT2D eigenvalue weighted by molar-refractivity contribution is -0.0113. The van der Waals surface area contributed by atoms with E-state index in [-0.39, 0.29) is 6.61 Å². The van der Waals surface area contributed by atoms with Gasteiger partial charge in [0.25, 0.3) is 0 Å². The maximum absolute atomic E-state index is 11.5. The third-order valence-corrected chi connectivity index (χ3v) is 3.60. The summed E-state index contributed by atoms with van der Waals surface area (Å²) in [6, 6.07) is -0.993. The average Bonchev–Trinajstić information content (AvgIpc) is 2.54. The molecule has 0 bridgehead atoms. The number of aliphatic hydroxyl groups excluding tert-OH is 2. The van der Waals surface area contributed by atoms with Gasteiger partial charge in [0.1, 0.15) is 20.1 Å². The van der Waals surface area contributed by atoms with Gasteiger partial charge in [0.2, 0.25) is 0 Å². The average molecular weight is 252 g/mol. The number of phosphoric acid groups is 1.